The molecule has 3 rings (SSSR count). The number of nitrogens with one attached hydrogen (secondary N) is 2. The number of amides is 2. The van der Waals surface area contributed by atoms with Crippen LogP contribution in [0.4, 0.5) is 18.6 Å². The molecule has 1 aromatic carbocycles. The van der Waals surface area contributed by atoms with E-state index in [4.69, 9.17) is 4.74 Å². The quantitative estimate of drug-likeness (QED) is 0.414. The first-order valence-electron chi connectivity index (χ1n) is 10.2. The molecular formula is C20H24BrF2N5O4S. The van der Waals surface area contributed by atoms with Gasteiger partial charge in [0, 0.05) is 37.2 Å². The maximum Gasteiger partial charge on any atom is 0.344 e. The number of urea groups is 1. The number of ether oxygens (including phenoxy) is 1. The van der Waals surface area contributed by atoms with E-state index >= 15 is 0 Å². The van der Waals surface area contributed by atoms with Gasteiger partial charge in [0.15, 0.2) is 5.56 Å². The number of aromatic carboxylic acids is 1. The average Bonchev–Trinajstić information content (AvgIpc) is 3.14. The Morgan fingerprint density at radius 3 is 2.55 bits per heavy atom. The van der Waals surface area contributed by atoms with Crippen molar-refractivity contribution in [2.75, 3.05) is 51.6 Å². The Kier molecular flexibility index (Phi) is 8.95. The average molecular weight is 548 g/mol. The van der Waals surface area contributed by atoms with E-state index in [-0.39, 0.29) is 26.5 Å². The van der Waals surface area contributed by atoms with Gasteiger partial charge in [-0.25, -0.2) is 18.4 Å². The fraction of sp³-hybridized carbons (Fsp3) is 0.450. The lowest BCUT2D eigenvalue weighted by Gasteiger charge is -2.32. The monoisotopic (exact) mass is 547 g/mol. The van der Waals surface area contributed by atoms with Crippen LogP contribution in [0.1, 0.15) is 22.3 Å². The number of hydrogen-bond donors (Lipinski definition) is 3. The summed E-state index contributed by atoms with van der Waals surface area (Å²) in [7, 11) is 2.09. The second kappa shape index (κ2) is 11.7. The summed E-state index contributed by atoms with van der Waals surface area (Å²) in [6, 6.07) is 1.57. The molecule has 33 heavy (non-hydrogen) atoms. The zero-order valence-electron chi connectivity index (χ0n) is 17.9. The molecule has 9 nitrogen and oxygen atoms in total. The standard InChI is InChI=1S/C20H24BrF2N5O4S/c1-27-5-7-28(8-6-27)4-2-3-24-20(31)25-18-16(19(29)30)17(26-33-18)32-11-13-14(22)9-12(21)10-15(13)23/h9-10H,2-8,11H2,1H3,(H,29,30)(H2,24,25,31). The highest BCUT2D eigenvalue weighted by Crippen LogP contribution is 2.31. The van der Waals surface area contributed by atoms with Crippen molar-refractivity contribution in [2.45, 2.75) is 13.0 Å². The van der Waals surface area contributed by atoms with E-state index < -0.39 is 30.2 Å². The Balaban J connectivity index is 1.52. The lowest BCUT2D eigenvalue weighted by atomic mass is 10.2. The van der Waals surface area contributed by atoms with Crippen LogP contribution in [0, 0.1) is 11.6 Å². The smallest absolute Gasteiger partial charge is 0.344 e. The third kappa shape index (κ3) is 7.06. The summed E-state index contributed by atoms with van der Waals surface area (Å²) < 4.78 is 37.3. The number of carbonyl (C=O) groups is 2. The van der Waals surface area contributed by atoms with Gasteiger partial charge in [-0.05, 0) is 43.7 Å². The van der Waals surface area contributed by atoms with Gasteiger partial charge in [-0.2, -0.15) is 4.37 Å². The summed E-state index contributed by atoms with van der Waals surface area (Å²) >= 11 is 3.69. The molecular weight excluding hydrogens is 524 g/mol. The van der Waals surface area contributed by atoms with E-state index in [1.165, 1.54) is 0 Å². The molecule has 0 unspecified atom stereocenters. The Morgan fingerprint density at radius 1 is 1.24 bits per heavy atom. The van der Waals surface area contributed by atoms with Gasteiger partial charge in [0.2, 0.25) is 5.88 Å². The molecule has 1 aromatic heterocycles. The van der Waals surface area contributed by atoms with Crippen molar-refractivity contribution in [3.05, 3.63) is 39.4 Å². The number of anilines is 1. The fourth-order valence-electron chi connectivity index (χ4n) is 3.22. The number of carboxylic acids is 1. The van der Waals surface area contributed by atoms with Crippen LogP contribution in [0.25, 0.3) is 0 Å². The fourth-order valence-corrected chi connectivity index (χ4v) is 4.35. The molecule has 1 saturated heterocycles. The first kappa shape index (κ1) is 25.3. The molecule has 0 atom stereocenters. The zero-order valence-corrected chi connectivity index (χ0v) is 20.3. The maximum atomic E-state index is 14.0. The van der Waals surface area contributed by atoms with Crippen LogP contribution in [0.15, 0.2) is 16.6 Å². The third-order valence-electron chi connectivity index (χ3n) is 5.09. The van der Waals surface area contributed by atoms with E-state index in [9.17, 15) is 23.5 Å². The van der Waals surface area contributed by atoms with Crippen molar-refractivity contribution >= 4 is 44.5 Å². The van der Waals surface area contributed by atoms with Gasteiger partial charge >= 0.3 is 12.0 Å². The van der Waals surface area contributed by atoms with E-state index in [0.29, 0.717) is 18.1 Å². The molecule has 1 fully saturated rings. The normalized spacial score (nSPS) is 14.8. The summed E-state index contributed by atoms with van der Waals surface area (Å²) in [4.78, 5) is 28.5. The predicted molar refractivity (Wildman–Crippen MR) is 123 cm³/mol. The van der Waals surface area contributed by atoms with Gasteiger partial charge in [-0.15, -0.1) is 0 Å². The zero-order chi connectivity index (χ0) is 24.0. The minimum atomic E-state index is -1.39. The highest BCUT2D eigenvalue weighted by molar-refractivity contribution is 9.10. The van der Waals surface area contributed by atoms with Crippen molar-refractivity contribution in [3.63, 3.8) is 0 Å². The molecule has 2 amide bonds. The van der Waals surface area contributed by atoms with Crippen LogP contribution in [-0.4, -0.2) is 77.6 Å². The summed E-state index contributed by atoms with van der Waals surface area (Å²) in [5.74, 6) is -3.41. The van der Waals surface area contributed by atoms with Gasteiger partial charge < -0.3 is 25.0 Å². The first-order valence-corrected chi connectivity index (χ1v) is 11.8. The lowest BCUT2D eigenvalue weighted by molar-refractivity contribution is 0.0693. The van der Waals surface area contributed by atoms with Crippen molar-refractivity contribution < 1.29 is 28.2 Å². The number of likely N-dealkylation sites (N-methyl/N-ethyl adjacent to an activating group) is 1. The predicted octanol–water partition coefficient (Wildman–Crippen LogP) is 3.22. The first-order chi connectivity index (χ1) is 15.7. The van der Waals surface area contributed by atoms with Gasteiger partial charge in [-0.3, -0.25) is 5.32 Å². The number of carbonyl (C=O) groups excluding carboxylic acids is 1. The van der Waals surface area contributed by atoms with Crippen LogP contribution in [0.5, 0.6) is 5.88 Å². The molecule has 0 spiro atoms. The molecule has 13 heteroatoms. The number of hydrogen-bond acceptors (Lipinski definition) is 7. The highest BCUT2D eigenvalue weighted by Gasteiger charge is 2.24. The minimum Gasteiger partial charge on any atom is -0.477 e. The molecule has 1 aliphatic heterocycles. The summed E-state index contributed by atoms with van der Waals surface area (Å²) in [6.07, 6.45) is 0.754. The lowest BCUT2D eigenvalue weighted by Crippen LogP contribution is -2.45. The number of nitrogens with zero attached hydrogens (tertiary/aromatic N) is 3. The largest absolute Gasteiger partial charge is 0.477 e. The van der Waals surface area contributed by atoms with Crippen molar-refractivity contribution in [1.29, 1.82) is 0 Å². The Hall–Kier alpha value is -2.35. The number of carboxylic acid groups (broad SMARTS) is 1. The number of piperazine rings is 1. The Labute approximate surface area is 202 Å². The minimum absolute atomic E-state index is 0.0363. The summed E-state index contributed by atoms with van der Waals surface area (Å²) in [5, 5.41) is 14.6. The molecule has 0 saturated carbocycles. The second-order valence-electron chi connectivity index (χ2n) is 7.51. The topological polar surface area (TPSA) is 107 Å². The molecule has 0 radical (unpaired) electrons. The third-order valence-corrected chi connectivity index (χ3v) is 6.30. The van der Waals surface area contributed by atoms with E-state index in [0.717, 1.165) is 51.3 Å². The van der Waals surface area contributed by atoms with Gasteiger partial charge in [0.05, 0.1) is 5.56 Å². The van der Waals surface area contributed by atoms with Crippen LogP contribution in [0.2, 0.25) is 0 Å². The van der Waals surface area contributed by atoms with Gasteiger partial charge in [-0.1, -0.05) is 15.9 Å². The molecule has 0 bridgehead atoms. The number of aromatic nitrogens is 1. The second-order valence-corrected chi connectivity index (χ2v) is 9.20. The summed E-state index contributed by atoms with van der Waals surface area (Å²) in [6.45, 7) is 4.73. The van der Waals surface area contributed by atoms with Crippen LogP contribution in [-0.2, 0) is 6.61 Å². The number of halogens is 3. The molecule has 180 valence electrons. The number of rotatable bonds is 9. The highest BCUT2D eigenvalue weighted by atomic mass is 79.9. The van der Waals surface area contributed by atoms with E-state index in [1.807, 2.05) is 0 Å². The number of benzene rings is 1. The van der Waals surface area contributed by atoms with Crippen LogP contribution in [0.3, 0.4) is 0 Å². The maximum absolute atomic E-state index is 14.0. The Bertz CT molecular complexity index is 978. The molecule has 3 N–H and O–H groups in total. The molecule has 2 heterocycles. The van der Waals surface area contributed by atoms with Crippen molar-refractivity contribution in [1.82, 2.24) is 19.5 Å². The van der Waals surface area contributed by atoms with Crippen molar-refractivity contribution in [3.8, 4) is 5.88 Å². The van der Waals surface area contributed by atoms with Crippen LogP contribution >= 0.6 is 27.5 Å². The summed E-state index contributed by atoms with van der Waals surface area (Å²) in [5.41, 5.74) is -0.749. The SMILES string of the molecule is CN1CCN(CCCNC(=O)Nc2snc(OCc3c(F)cc(Br)cc3F)c2C(=O)O)CC1. The van der Waals surface area contributed by atoms with E-state index in [2.05, 4.69) is 47.8 Å². The van der Waals surface area contributed by atoms with Crippen molar-refractivity contribution in [2.24, 2.45) is 0 Å². The molecule has 0 aliphatic carbocycles. The van der Waals surface area contributed by atoms with Gasteiger partial charge in [0.25, 0.3) is 0 Å². The molecule has 2 aromatic rings. The van der Waals surface area contributed by atoms with Crippen LogP contribution < -0.4 is 15.4 Å². The molecule has 1 aliphatic rings. The van der Waals surface area contributed by atoms with E-state index in [1.54, 1.807) is 0 Å². The Morgan fingerprint density at radius 2 is 1.91 bits per heavy atom. The van der Waals surface area contributed by atoms with Gasteiger partial charge in [0.1, 0.15) is 23.2 Å².